The molecule has 0 aliphatic heterocycles. The molecule has 18 heavy (non-hydrogen) atoms. The van der Waals surface area contributed by atoms with Crippen molar-refractivity contribution in [3.63, 3.8) is 0 Å². The number of hydrogen-bond acceptors (Lipinski definition) is 2. The summed E-state index contributed by atoms with van der Waals surface area (Å²) in [5.74, 6) is -0.986. The lowest BCUT2D eigenvalue weighted by Crippen LogP contribution is -2.09. The Hall–Kier alpha value is -2.63. The number of aromatic nitrogens is 2. The summed E-state index contributed by atoms with van der Waals surface area (Å²) in [4.78, 5) is 22.0. The van der Waals surface area contributed by atoms with Crippen LogP contribution in [0.3, 0.4) is 0 Å². The predicted molar refractivity (Wildman–Crippen MR) is 65.2 cm³/mol. The highest BCUT2D eigenvalue weighted by atomic mass is 19.1. The zero-order valence-corrected chi connectivity index (χ0v) is 9.31. The zero-order valence-electron chi connectivity index (χ0n) is 9.31. The third-order valence-electron chi connectivity index (χ3n) is 2.27. The predicted octanol–water partition coefficient (Wildman–Crippen LogP) is 1.43. The van der Waals surface area contributed by atoms with E-state index in [-0.39, 0.29) is 11.2 Å². The fourth-order valence-corrected chi connectivity index (χ4v) is 1.45. The summed E-state index contributed by atoms with van der Waals surface area (Å²) >= 11 is 0. The number of nitrogens with zero attached hydrogens (tertiary/aromatic N) is 1. The highest BCUT2D eigenvalue weighted by Crippen LogP contribution is 2.17. The minimum atomic E-state index is -0.566. The molecular formula is C12H10FN3O2. The van der Waals surface area contributed by atoms with E-state index in [1.54, 1.807) is 0 Å². The van der Waals surface area contributed by atoms with Gasteiger partial charge in [0.05, 0.1) is 5.69 Å². The minimum Gasteiger partial charge on any atom is -0.322 e. The van der Waals surface area contributed by atoms with Crippen molar-refractivity contribution in [2.45, 2.75) is 0 Å². The van der Waals surface area contributed by atoms with E-state index in [4.69, 9.17) is 0 Å². The monoisotopic (exact) mass is 247 g/mol. The molecule has 1 aromatic carbocycles. The van der Waals surface area contributed by atoms with Crippen LogP contribution in [0, 0.1) is 5.82 Å². The third kappa shape index (κ3) is 2.37. The fraction of sp³-hybridized carbons (Fsp3) is 0. The first-order valence-electron chi connectivity index (χ1n) is 5.11. The van der Waals surface area contributed by atoms with Gasteiger partial charge in [0.2, 0.25) is 5.91 Å². The molecule has 1 aromatic heterocycles. The molecule has 0 spiro atoms. The second kappa shape index (κ2) is 4.70. The van der Waals surface area contributed by atoms with Crippen LogP contribution in [0.4, 0.5) is 10.1 Å². The van der Waals surface area contributed by atoms with E-state index in [1.807, 2.05) is 0 Å². The lowest BCUT2D eigenvalue weighted by molar-refractivity contribution is -0.111. The Labute approximate surface area is 102 Å². The van der Waals surface area contributed by atoms with Gasteiger partial charge < -0.3 is 5.32 Å². The molecule has 1 amide bonds. The molecule has 0 radical (unpaired) electrons. The first-order chi connectivity index (χ1) is 8.60. The van der Waals surface area contributed by atoms with Gasteiger partial charge in [-0.3, -0.25) is 19.4 Å². The molecule has 2 N–H and O–H groups in total. The number of benzene rings is 1. The maximum absolute atomic E-state index is 13.8. The molecule has 2 aromatic rings. The number of carbonyl (C=O) groups excluding carboxylic acids is 1. The average molecular weight is 247 g/mol. The molecule has 5 nitrogen and oxygen atoms in total. The molecule has 1 heterocycles. The van der Waals surface area contributed by atoms with Crippen LogP contribution in [0.5, 0.6) is 0 Å². The lowest BCUT2D eigenvalue weighted by Gasteiger charge is -2.07. The molecule has 0 unspecified atom stereocenters. The number of amides is 1. The van der Waals surface area contributed by atoms with Crippen molar-refractivity contribution < 1.29 is 9.18 Å². The molecule has 2 rings (SSSR count). The zero-order chi connectivity index (χ0) is 13.1. The molecule has 0 aliphatic rings. The van der Waals surface area contributed by atoms with Crippen molar-refractivity contribution in [2.24, 2.45) is 0 Å². The van der Waals surface area contributed by atoms with Gasteiger partial charge in [0.25, 0.3) is 5.56 Å². The Morgan fingerprint density at radius 3 is 2.78 bits per heavy atom. The van der Waals surface area contributed by atoms with Gasteiger partial charge in [-0.2, -0.15) is 0 Å². The Kier molecular flexibility index (Phi) is 3.09. The van der Waals surface area contributed by atoms with Crippen molar-refractivity contribution in [3.05, 3.63) is 59.3 Å². The smallest absolute Gasteiger partial charge is 0.264 e. The van der Waals surface area contributed by atoms with Gasteiger partial charge in [-0.1, -0.05) is 6.58 Å². The lowest BCUT2D eigenvalue weighted by atomic mass is 10.2. The first kappa shape index (κ1) is 11.8. The average Bonchev–Trinajstić information content (AvgIpc) is 2.75. The second-order valence-electron chi connectivity index (χ2n) is 3.52. The van der Waals surface area contributed by atoms with E-state index in [0.717, 1.165) is 12.1 Å². The van der Waals surface area contributed by atoms with Gasteiger partial charge in [0, 0.05) is 18.0 Å². The molecular weight excluding hydrogens is 237 g/mol. The highest BCUT2D eigenvalue weighted by molar-refractivity contribution is 5.98. The number of carbonyl (C=O) groups is 1. The van der Waals surface area contributed by atoms with Crippen LogP contribution >= 0.6 is 0 Å². The number of halogens is 1. The molecule has 92 valence electrons. The first-order valence-corrected chi connectivity index (χ1v) is 5.11. The Morgan fingerprint density at radius 2 is 2.22 bits per heavy atom. The molecule has 0 atom stereocenters. The summed E-state index contributed by atoms with van der Waals surface area (Å²) < 4.78 is 15.0. The molecule has 0 fully saturated rings. The van der Waals surface area contributed by atoms with Gasteiger partial charge >= 0.3 is 0 Å². The minimum absolute atomic E-state index is 0.189. The summed E-state index contributed by atoms with van der Waals surface area (Å²) in [5.41, 5.74) is 0.183. The van der Waals surface area contributed by atoms with E-state index in [2.05, 4.69) is 17.0 Å². The van der Waals surface area contributed by atoms with E-state index in [1.165, 1.54) is 29.1 Å². The topological polar surface area (TPSA) is 66.9 Å². The number of aromatic amines is 1. The van der Waals surface area contributed by atoms with Crippen LogP contribution in [-0.4, -0.2) is 15.7 Å². The van der Waals surface area contributed by atoms with Crippen LogP contribution in [-0.2, 0) is 4.79 Å². The van der Waals surface area contributed by atoms with Gasteiger partial charge in [-0.25, -0.2) is 4.39 Å². The van der Waals surface area contributed by atoms with Crippen LogP contribution in [0.1, 0.15) is 0 Å². The normalized spacial score (nSPS) is 10.1. The maximum atomic E-state index is 13.8. The summed E-state index contributed by atoms with van der Waals surface area (Å²) in [6, 6.07) is 5.42. The Balaban J connectivity index is 2.33. The van der Waals surface area contributed by atoms with Crippen molar-refractivity contribution in [3.8, 4) is 5.69 Å². The maximum Gasteiger partial charge on any atom is 0.264 e. The van der Waals surface area contributed by atoms with Crippen LogP contribution in [0.2, 0.25) is 0 Å². The van der Waals surface area contributed by atoms with Crippen LogP contribution in [0.25, 0.3) is 5.69 Å². The fourth-order valence-electron chi connectivity index (χ4n) is 1.45. The number of nitrogens with one attached hydrogen (secondary N) is 2. The van der Waals surface area contributed by atoms with E-state index in [0.29, 0.717) is 5.69 Å². The summed E-state index contributed by atoms with van der Waals surface area (Å²) in [5, 5.41) is 4.86. The summed E-state index contributed by atoms with van der Waals surface area (Å²) in [6.07, 6.45) is 2.51. The molecule has 0 saturated heterocycles. The third-order valence-corrected chi connectivity index (χ3v) is 2.27. The van der Waals surface area contributed by atoms with Gasteiger partial charge in [-0.15, -0.1) is 0 Å². The second-order valence-corrected chi connectivity index (χ2v) is 3.52. The number of hydrogen-bond donors (Lipinski definition) is 2. The van der Waals surface area contributed by atoms with E-state index >= 15 is 0 Å². The summed E-state index contributed by atoms with van der Waals surface area (Å²) in [7, 11) is 0. The van der Waals surface area contributed by atoms with Crippen molar-refractivity contribution >= 4 is 11.6 Å². The number of anilines is 1. The number of H-pyrrole nitrogens is 1. The van der Waals surface area contributed by atoms with E-state index in [9.17, 15) is 14.0 Å². The Bertz CT molecular complexity index is 657. The van der Waals surface area contributed by atoms with Gasteiger partial charge in [0.1, 0.15) is 0 Å². The largest absolute Gasteiger partial charge is 0.322 e. The van der Waals surface area contributed by atoms with Gasteiger partial charge in [0.15, 0.2) is 5.82 Å². The van der Waals surface area contributed by atoms with E-state index < -0.39 is 11.7 Å². The standard InChI is InChI=1S/C12H10FN3O2/c1-2-11(17)14-8-3-4-10(9(13)7-8)16-6-5-12(18)15-16/h2-7H,1H2,(H,14,17)(H,15,18). The molecule has 0 aliphatic carbocycles. The molecule has 0 saturated carbocycles. The van der Waals surface area contributed by atoms with Crippen molar-refractivity contribution in [1.82, 2.24) is 9.78 Å². The Morgan fingerprint density at radius 1 is 1.44 bits per heavy atom. The molecule has 0 bridgehead atoms. The van der Waals surface area contributed by atoms with Crippen LogP contribution < -0.4 is 10.9 Å². The number of rotatable bonds is 3. The van der Waals surface area contributed by atoms with Crippen molar-refractivity contribution in [1.29, 1.82) is 0 Å². The SMILES string of the molecule is C=CC(=O)Nc1ccc(-n2ccc(=O)[nH]2)c(F)c1. The van der Waals surface area contributed by atoms with Crippen molar-refractivity contribution in [2.75, 3.05) is 5.32 Å². The highest BCUT2D eigenvalue weighted by Gasteiger charge is 2.07. The van der Waals surface area contributed by atoms with Gasteiger partial charge in [-0.05, 0) is 24.3 Å². The van der Waals surface area contributed by atoms with Crippen LogP contribution in [0.15, 0.2) is 47.9 Å². The quantitative estimate of drug-likeness (QED) is 0.806. The summed E-state index contributed by atoms with van der Waals surface area (Å²) in [6.45, 7) is 3.30. The molecule has 6 heteroatoms.